The number of para-hydroxylation sites is 5. The Hall–Kier alpha value is -20.1. The molecule has 0 saturated carbocycles. The third kappa shape index (κ3) is 13.5. The number of pyridine rings is 3. The Morgan fingerprint density at radius 1 is 0.159 bits per heavy atom. The lowest BCUT2D eigenvalue weighted by Gasteiger charge is -2.14. The second-order valence-electron chi connectivity index (χ2n) is 36.8. The smallest absolute Gasteiger partial charge is 0.227 e. The molecule has 0 N–H and O–H groups in total. The normalized spacial score (nSPS) is 12.0. The van der Waals surface area contributed by atoms with Crippen molar-refractivity contribution in [3.05, 3.63) is 437 Å². The highest BCUT2D eigenvalue weighted by atomic mass is 16.4. The topological polar surface area (TPSA) is 210 Å². The van der Waals surface area contributed by atoms with E-state index in [1.54, 1.807) is 0 Å². The van der Waals surface area contributed by atoms with Crippen molar-refractivity contribution in [2.24, 2.45) is 0 Å². The highest BCUT2D eigenvalue weighted by Crippen LogP contribution is 2.47. The summed E-state index contributed by atoms with van der Waals surface area (Å²) < 4.78 is 46.8. The summed E-state index contributed by atoms with van der Waals surface area (Å²) in [7, 11) is 0. The molecule has 0 bridgehead atoms. The van der Waals surface area contributed by atoms with Gasteiger partial charge in [-0.25, -0.2) is 44.9 Å². The van der Waals surface area contributed by atoms with E-state index in [1.807, 2.05) is 140 Å². The van der Waals surface area contributed by atoms with Gasteiger partial charge in [0.05, 0.1) is 33.1 Å². The third-order valence-electron chi connectivity index (χ3n) is 28.2. The van der Waals surface area contributed by atoms with E-state index in [9.17, 15) is 0 Å². The van der Waals surface area contributed by atoms with Gasteiger partial charge >= 0.3 is 0 Å². The van der Waals surface area contributed by atoms with Crippen molar-refractivity contribution in [2.45, 2.75) is 0 Å². The zero-order valence-corrected chi connectivity index (χ0v) is 76.9. The van der Waals surface area contributed by atoms with Gasteiger partial charge in [-0.15, -0.1) is 0 Å². The zero-order chi connectivity index (χ0) is 95.0. The number of benzene rings is 18. The van der Waals surface area contributed by atoms with Crippen LogP contribution in [0.3, 0.4) is 0 Å². The molecule has 12 heterocycles. The molecule has 12 aromatic heterocycles. The van der Waals surface area contributed by atoms with Crippen molar-refractivity contribution < 1.29 is 26.5 Å². The van der Waals surface area contributed by atoms with Gasteiger partial charge in [0, 0.05) is 112 Å². The molecule has 0 atom stereocenters. The predicted molar refractivity (Wildman–Crippen MR) is 576 cm³/mol. The van der Waals surface area contributed by atoms with Crippen LogP contribution >= 0.6 is 0 Å². The lowest BCUT2D eigenvalue weighted by molar-refractivity contribution is 0.619. The van der Waals surface area contributed by atoms with Gasteiger partial charge in [0.25, 0.3) is 0 Å². The molecule has 0 radical (unpaired) electrons. The van der Waals surface area contributed by atoms with Crippen molar-refractivity contribution in [1.29, 1.82) is 0 Å². The van der Waals surface area contributed by atoms with Crippen molar-refractivity contribution in [3.8, 4) is 164 Å². The predicted octanol–water partition coefficient (Wildman–Crippen LogP) is 32.8. The van der Waals surface area contributed by atoms with Gasteiger partial charge in [-0.2, -0.15) is 0 Å². The number of rotatable bonds is 16. The summed E-state index contributed by atoms with van der Waals surface area (Å²) in [6, 6.07) is 144. The SMILES string of the molecule is c1ccc(-c2ccc(-n3c4ccc(-c5nc6ccccc6o5)cc4c4cc(-c5nc6ccc(-c7cccc8oc(-c9ccc%10c(c9)c9cc(-c%11nc%12ccc(-c%13ccc%14oc(-c%15ccc%16c(c%15)c%15cc(-c%17nc%18ccccc%18o%17)ccc%15n%16-c%15ncc(-c%16cccc(-c%17ccccc%17)c%16)c%16ccccc%15%16)nc%14c%13)cc%12o%11)ccc9n%10-c9ccc(-c%10cccc(-c%11ccccc%11)c%10)cn9)nc78)cc6o5)ccc43)nc2)cc1. The van der Waals surface area contributed by atoms with Crippen LogP contribution in [0.5, 0.6) is 0 Å². The summed E-state index contributed by atoms with van der Waals surface area (Å²) in [6.07, 6.45) is 5.91. The van der Waals surface area contributed by atoms with Crippen molar-refractivity contribution >= 4 is 143 Å². The lowest BCUT2D eigenvalue weighted by atomic mass is 9.96. The Bertz CT molecular complexity index is 10500. The minimum Gasteiger partial charge on any atom is -0.436 e. The molecule has 0 amide bonds. The fraction of sp³-hybridized carbons (Fsp3) is 0. The monoisotopic (exact) mass is 1860 g/mol. The molecular weight excluding hydrogens is 1790 g/mol. The van der Waals surface area contributed by atoms with E-state index in [2.05, 4.69) is 311 Å². The number of nitrogens with zero attached hydrogens (tertiary/aromatic N) is 12. The van der Waals surface area contributed by atoms with Crippen LogP contribution in [0.4, 0.5) is 0 Å². The van der Waals surface area contributed by atoms with Gasteiger partial charge in [-0.05, 0) is 273 Å². The first kappa shape index (κ1) is 80.9. The molecule has 18 heteroatoms. The van der Waals surface area contributed by atoms with Crippen molar-refractivity contribution in [1.82, 2.24) is 58.6 Å². The average Bonchev–Trinajstić information content (AvgIpc) is 1.59. The molecule has 18 aromatic carbocycles. The van der Waals surface area contributed by atoms with Gasteiger partial charge in [0.1, 0.15) is 50.6 Å². The largest absolute Gasteiger partial charge is 0.436 e. The number of fused-ring (bicyclic) bond motifs is 16. The highest BCUT2D eigenvalue weighted by Gasteiger charge is 2.28. The standard InChI is InChI=1S/C127H72N12O6/c1-4-19-73(20-5-1)76-25-16-27-78(59-76)90-47-58-119(129-71-90)138-108-51-40-85(62-96(108)97-66-88(42-53-109(97)138)127-136-120-91(31-18-36-115(120)143-127)82-38-49-104-117(69-82)145-125(134-104)86-41-52-107-95(63-86)94-61-83(122-131-101-32-12-14-34-112(101)140-122)39-50-106(94)137(107)118-57-46-89(70-128-118)75-23-8-3-9-24-75)124-133-103-48-37-80(68-116(103)144-124)79-45-56-114-105(67-79)135-126(142-114)87-44-55-111-99(65-87)98-64-84(123-132-102-33-13-15-35-113(102)141-123)43-54-110(98)139(111)121-93-30-11-10-29-92(93)100(72-130-121)81-28-17-26-77(60-81)74-21-6-2-7-22-74/h1-72H. The van der Waals surface area contributed by atoms with Crippen LogP contribution in [-0.4, -0.2) is 58.6 Å². The molecule has 145 heavy (non-hydrogen) atoms. The van der Waals surface area contributed by atoms with E-state index >= 15 is 0 Å². The van der Waals surface area contributed by atoms with Crippen LogP contribution in [0, 0.1) is 0 Å². The fourth-order valence-electron chi connectivity index (χ4n) is 21.2. The van der Waals surface area contributed by atoms with Crippen LogP contribution in [0.25, 0.3) is 307 Å². The number of aromatic nitrogens is 12. The average molecular weight is 1860 g/mol. The van der Waals surface area contributed by atoms with E-state index in [4.69, 9.17) is 71.4 Å². The summed E-state index contributed by atoms with van der Waals surface area (Å²) in [6.45, 7) is 0. The van der Waals surface area contributed by atoms with Crippen LogP contribution in [0.15, 0.2) is 464 Å². The van der Waals surface area contributed by atoms with Gasteiger partial charge < -0.3 is 26.5 Å². The minimum atomic E-state index is 0.458. The van der Waals surface area contributed by atoms with E-state index in [0.29, 0.717) is 79.7 Å². The van der Waals surface area contributed by atoms with E-state index < -0.39 is 0 Å². The van der Waals surface area contributed by atoms with E-state index in [-0.39, 0.29) is 0 Å². The molecule has 0 aliphatic carbocycles. The van der Waals surface area contributed by atoms with Crippen LogP contribution in [0.2, 0.25) is 0 Å². The number of oxazole rings is 6. The summed E-state index contributed by atoms with van der Waals surface area (Å²) in [4.78, 5) is 46.5. The Labute approximate surface area is 823 Å². The van der Waals surface area contributed by atoms with Gasteiger partial charge in [0.15, 0.2) is 33.5 Å². The molecule has 0 aliphatic heterocycles. The summed E-state index contributed by atoms with van der Waals surface area (Å²) in [5.41, 5.74) is 33.5. The quantitative estimate of drug-likeness (QED) is 0.0881. The molecule has 18 nitrogen and oxygen atoms in total. The molecule has 0 spiro atoms. The summed E-state index contributed by atoms with van der Waals surface area (Å²) >= 11 is 0. The second kappa shape index (κ2) is 32.2. The molecule has 0 unspecified atom stereocenters. The second-order valence-corrected chi connectivity index (χ2v) is 36.8. The molecular formula is C127H72N12O6. The first-order valence-corrected chi connectivity index (χ1v) is 48.0. The fourth-order valence-corrected chi connectivity index (χ4v) is 21.2. The molecule has 0 fully saturated rings. The van der Waals surface area contributed by atoms with E-state index in [0.717, 1.165) is 227 Å². The first-order chi connectivity index (χ1) is 71.7. The van der Waals surface area contributed by atoms with Gasteiger partial charge in [-0.3, -0.25) is 13.7 Å². The number of hydrogen-bond donors (Lipinski definition) is 0. The number of hydrogen-bond acceptors (Lipinski definition) is 15. The zero-order valence-electron chi connectivity index (χ0n) is 76.9. The molecule has 0 aliphatic rings. The minimum absolute atomic E-state index is 0.458. The maximum Gasteiger partial charge on any atom is 0.227 e. The van der Waals surface area contributed by atoms with Crippen molar-refractivity contribution in [3.63, 3.8) is 0 Å². The van der Waals surface area contributed by atoms with E-state index in [1.165, 1.54) is 0 Å². The maximum absolute atomic E-state index is 6.89. The summed E-state index contributed by atoms with van der Waals surface area (Å²) in [5, 5.41) is 7.93. The van der Waals surface area contributed by atoms with Gasteiger partial charge in [-0.1, -0.05) is 206 Å². The summed E-state index contributed by atoms with van der Waals surface area (Å²) in [5.74, 6) is 5.30. The Balaban J connectivity index is 0.483. The maximum atomic E-state index is 6.89. The van der Waals surface area contributed by atoms with Crippen LogP contribution in [-0.2, 0) is 0 Å². The molecule has 30 rings (SSSR count). The Morgan fingerprint density at radius 3 is 0.959 bits per heavy atom. The Morgan fingerprint density at radius 2 is 0.476 bits per heavy atom. The third-order valence-corrected chi connectivity index (χ3v) is 28.2. The highest BCUT2D eigenvalue weighted by molar-refractivity contribution is 6.16. The molecule has 30 aromatic rings. The molecule has 0 saturated heterocycles. The first-order valence-electron chi connectivity index (χ1n) is 48.0. The van der Waals surface area contributed by atoms with Crippen molar-refractivity contribution in [2.75, 3.05) is 0 Å². The molecule has 676 valence electrons. The van der Waals surface area contributed by atoms with Gasteiger partial charge in [0.2, 0.25) is 35.3 Å². The lowest BCUT2D eigenvalue weighted by Crippen LogP contribution is -2.00. The Kier molecular flexibility index (Phi) is 18.0. The van der Waals surface area contributed by atoms with Crippen LogP contribution in [0.1, 0.15) is 0 Å². The van der Waals surface area contributed by atoms with Crippen LogP contribution < -0.4 is 0 Å².